The van der Waals surface area contributed by atoms with Gasteiger partial charge in [-0.3, -0.25) is 0 Å². The van der Waals surface area contributed by atoms with Crippen LogP contribution in [0.3, 0.4) is 0 Å². The van der Waals surface area contributed by atoms with E-state index in [4.69, 9.17) is 5.26 Å². The summed E-state index contributed by atoms with van der Waals surface area (Å²) in [4.78, 5) is 10.1. The number of nitrogens with one attached hydrogen (secondary N) is 1. The number of anilines is 2. The molecule has 0 unspecified atom stereocenters. The molecule has 5 heteroatoms. The fourth-order valence-corrected chi connectivity index (χ4v) is 1.20. The van der Waals surface area contributed by atoms with Gasteiger partial charge < -0.3 is 10.2 Å². The van der Waals surface area contributed by atoms with Gasteiger partial charge in [0.15, 0.2) is 0 Å². The molecule has 0 saturated heterocycles. The molecular weight excluding hydrogens is 214 g/mol. The van der Waals surface area contributed by atoms with Gasteiger partial charge in [0.25, 0.3) is 0 Å². The zero-order chi connectivity index (χ0) is 12.9. The molecule has 0 saturated carbocycles. The molecule has 0 atom stereocenters. The Hall–Kier alpha value is -1.83. The van der Waals surface area contributed by atoms with E-state index in [2.05, 4.69) is 42.1 Å². The first-order valence-electron chi connectivity index (χ1n) is 5.56. The molecular formula is C12H19N5. The quantitative estimate of drug-likeness (QED) is 0.804. The maximum atomic E-state index is 8.63. The van der Waals surface area contributed by atoms with E-state index < -0.39 is 0 Å². The lowest BCUT2D eigenvalue weighted by molar-refractivity contribution is 0.442. The highest BCUT2D eigenvalue weighted by Crippen LogP contribution is 2.16. The molecule has 0 fully saturated rings. The summed E-state index contributed by atoms with van der Waals surface area (Å²) in [5.41, 5.74) is 0.198. The fourth-order valence-electron chi connectivity index (χ4n) is 1.20. The third kappa shape index (κ3) is 4.68. The third-order valence-electron chi connectivity index (χ3n) is 2.15. The molecule has 0 bridgehead atoms. The van der Waals surface area contributed by atoms with Crippen molar-refractivity contribution in [2.24, 2.45) is 5.41 Å². The number of rotatable bonds is 4. The van der Waals surface area contributed by atoms with Crippen molar-refractivity contribution in [3.63, 3.8) is 0 Å². The maximum Gasteiger partial charge on any atom is 0.134 e. The zero-order valence-corrected chi connectivity index (χ0v) is 10.9. The van der Waals surface area contributed by atoms with E-state index >= 15 is 0 Å². The number of aromatic nitrogens is 2. The minimum Gasteiger partial charge on any atom is -0.369 e. The number of nitrogens with zero attached hydrogens (tertiary/aromatic N) is 4. The van der Waals surface area contributed by atoms with Gasteiger partial charge in [-0.05, 0) is 5.41 Å². The Bertz CT molecular complexity index is 402. The summed E-state index contributed by atoms with van der Waals surface area (Å²) in [6.07, 6.45) is 1.51. The average Bonchev–Trinajstić information content (AvgIpc) is 2.26. The Morgan fingerprint density at radius 2 is 2.12 bits per heavy atom. The van der Waals surface area contributed by atoms with E-state index in [9.17, 15) is 0 Å². The Balaban J connectivity index is 2.70. The highest BCUT2D eigenvalue weighted by atomic mass is 15.2. The van der Waals surface area contributed by atoms with Gasteiger partial charge in [0, 0.05) is 19.7 Å². The van der Waals surface area contributed by atoms with Crippen LogP contribution < -0.4 is 10.2 Å². The Kier molecular flexibility index (Phi) is 4.27. The van der Waals surface area contributed by atoms with Crippen LogP contribution >= 0.6 is 0 Å². The first-order valence-corrected chi connectivity index (χ1v) is 5.56. The Morgan fingerprint density at radius 1 is 1.41 bits per heavy atom. The van der Waals surface area contributed by atoms with Gasteiger partial charge in [-0.1, -0.05) is 20.8 Å². The molecule has 1 N–H and O–H groups in total. The summed E-state index contributed by atoms with van der Waals surface area (Å²) in [7, 11) is 1.83. The van der Waals surface area contributed by atoms with E-state index in [0.717, 1.165) is 18.2 Å². The normalized spacial score (nSPS) is 10.8. The van der Waals surface area contributed by atoms with Crippen LogP contribution in [0, 0.1) is 16.7 Å². The van der Waals surface area contributed by atoms with Gasteiger partial charge in [-0.2, -0.15) is 5.26 Å². The van der Waals surface area contributed by atoms with E-state index in [-0.39, 0.29) is 5.41 Å². The van der Waals surface area contributed by atoms with Crippen molar-refractivity contribution >= 4 is 11.6 Å². The predicted octanol–water partition coefficient (Wildman–Crippen LogP) is 1.89. The molecule has 1 aromatic heterocycles. The molecule has 5 nitrogen and oxygen atoms in total. The maximum absolute atomic E-state index is 8.63. The molecule has 0 aliphatic rings. The smallest absolute Gasteiger partial charge is 0.134 e. The second-order valence-corrected chi connectivity index (χ2v) is 5.19. The predicted molar refractivity (Wildman–Crippen MR) is 68.9 cm³/mol. The molecule has 92 valence electrons. The van der Waals surface area contributed by atoms with Crippen molar-refractivity contribution in [2.45, 2.75) is 20.8 Å². The zero-order valence-electron chi connectivity index (χ0n) is 10.9. The topological polar surface area (TPSA) is 64.8 Å². The lowest BCUT2D eigenvalue weighted by atomic mass is 9.97. The number of nitriles is 1. The summed E-state index contributed by atoms with van der Waals surface area (Å²) in [5.74, 6) is 1.53. The Morgan fingerprint density at radius 3 is 2.71 bits per heavy atom. The van der Waals surface area contributed by atoms with Crippen molar-refractivity contribution in [2.75, 3.05) is 30.4 Å². The van der Waals surface area contributed by atoms with Crippen LogP contribution in [0.4, 0.5) is 11.6 Å². The van der Waals surface area contributed by atoms with Gasteiger partial charge in [0.2, 0.25) is 0 Å². The lowest BCUT2D eigenvalue weighted by Crippen LogP contribution is -2.21. The molecule has 0 radical (unpaired) electrons. The molecule has 0 aliphatic heterocycles. The van der Waals surface area contributed by atoms with Crippen molar-refractivity contribution in [3.8, 4) is 6.07 Å². The minimum absolute atomic E-state index is 0.198. The van der Waals surface area contributed by atoms with E-state index in [1.807, 2.05) is 13.1 Å². The van der Waals surface area contributed by atoms with E-state index in [0.29, 0.717) is 6.54 Å². The van der Waals surface area contributed by atoms with Crippen LogP contribution in [-0.4, -0.2) is 30.1 Å². The van der Waals surface area contributed by atoms with Gasteiger partial charge in [-0.25, -0.2) is 9.97 Å². The SMILES string of the molecule is CN(CC#N)c1cc(NCC(C)(C)C)ncn1. The van der Waals surface area contributed by atoms with Gasteiger partial charge in [-0.15, -0.1) is 0 Å². The summed E-state index contributed by atoms with van der Waals surface area (Å²) in [6, 6.07) is 3.94. The van der Waals surface area contributed by atoms with Crippen molar-refractivity contribution < 1.29 is 0 Å². The van der Waals surface area contributed by atoms with Crippen LogP contribution in [0.1, 0.15) is 20.8 Å². The highest BCUT2D eigenvalue weighted by Gasteiger charge is 2.10. The molecule has 0 aromatic carbocycles. The fraction of sp³-hybridized carbons (Fsp3) is 0.583. The van der Waals surface area contributed by atoms with Crippen LogP contribution in [0.15, 0.2) is 12.4 Å². The largest absolute Gasteiger partial charge is 0.369 e. The van der Waals surface area contributed by atoms with Gasteiger partial charge in [0.1, 0.15) is 24.5 Å². The number of hydrogen-bond acceptors (Lipinski definition) is 5. The van der Waals surface area contributed by atoms with Crippen LogP contribution in [0.2, 0.25) is 0 Å². The monoisotopic (exact) mass is 233 g/mol. The molecule has 0 spiro atoms. The van der Waals surface area contributed by atoms with Gasteiger partial charge in [0.05, 0.1) is 6.07 Å². The average molecular weight is 233 g/mol. The Labute approximate surface area is 102 Å². The third-order valence-corrected chi connectivity index (χ3v) is 2.15. The minimum atomic E-state index is 0.198. The van der Waals surface area contributed by atoms with Crippen LogP contribution in [-0.2, 0) is 0 Å². The molecule has 1 aromatic rings. The van der Waals surface area contributed by atoms with Crippen molar-refractivity contribution in [1.82, 2.24) is 9.97 Å². The molecule has 0 amide bonds. The first-order chi connectivity index (χ1) is 7.92. The van der Waals surface area contributed by atoms with Crippen molar-refractivity contribution in [1.29, 1.82) is 5.26 Å². The standard InChI is InChI=1S/C12H19N5/c1-12(2,3)8-14-10-7-11(16-9-15-10)17(4)6-5-13/h7,9H,6,8H2,1-4H3,(H,14,15,16). The van der Waals surface area contributed by atoms with Crippen molar-refractivity contribution in [3.05, 3.63) is 12.4 Å². The summed E-state index contributed by atoms with van der Waals surface area (Å²) in [6.45, 7) is 7.62. The summed E-state index contributed by atoms with van der Waals surface area (Å²) < 4.78 is 0. The van der Waals surface area contributed by atoms with E-state index in [1.54, 1.807) is 4.90 Å². The molecule has 17 heavy (non-hydrogen) atoms. The second-order valence-electron chi connectivity index (χ2n) is 5.19. The number of hydrogen-bond donors (Lipinski definition) is 1. The highest BCUT2D eigenvalue weighted by molar-refractivity contribution is 5.48. The second kappa shape index (κ2) is 5.48. The summed E-state index contributed by atoms with van der Waals surface area (Å²) >= 11 is 0. The van der Waals surface area contributed by atoms with E-state index in [1.165, 1.54) is 6.33 Å². The van der Waals surface area contributed by atoms with Crippen LogP contribution in [0.25, 0.3) is 0 Å². The van der Waals surface area contributed by atoms with Crippen LogP contribution in [0.5, 0.6) is 0 Å². The first kappa shape index (κ1) is 13.2. The molecule has 1 rings (SSSR count). The lowest BCUT2D eigenvalue weighted by Gasteiger charge is -2.20. The van der Waals surface area contributed by atoms with Gasteiger partial charge >= 0.3 is 0 Å². The molecule has 1 heterocycles. The molecule has 0 aliphatic carbocycles. The summed E-state index contributed by atoms with van der Waals surface area (Å²) in [5, 5.41) is 11.9.